The lowest BCUT2D eigenvalue weighted by Crippen LogP contribution is -2.31. The maximum atomic E-state index is 12.4. The van der Waals surface area contributed by atoms with E-state index in [-0.39, 0.29) is 17.0 Å². The molecule has 0 aliphatic carbocycles. The third kappa shape index (κ3) is 2.37. The molecule has 24 heavy (non-hydrogen) atoms. The molecule has 122 valence electrons. The zero-order valence-corrected chi connectivity index (χ0v) is 12.3. The number of nitrogens with two attached hydrogens (primary N) is 2. The van der Waals surface area contributed by atoms with E-state index in [1.807, 2.05) is 5.32 Å². The topological polar surface area (TPSA) is 153 Å². The van der Waals surface area contributed by atoms with Crippen LogP contribution in [0.4, 0.5) is 10.6 Å². The van der Waals surface area contributed by atoms with Gasteiger partial charge in [0, 0.05) is 10.8 Å². The van der Waals surface area contributed by atoms with Crippen molar-refractivity contribution in [1.82, 2.24) is 14.9 Å². The first kappa shape index (κ1) is 15.3. The number of aromatic nitrogens is 2. The van der Waals surface area contributed by atoms with E-state index in [9.17, 15) is 14.4 Å². The van der Waals surface area contributed by atoms with Crippen LogP contribution in [0, 0.1) is 0 Å². The van der Waals surface area contributed by atoms with Gasteiger partial charge in [-0.2, -0.15) is 0 Å². The van der Waals surface area contributed by atoms with Crippen LogP contribution in [-0.4, -0.2) is 39.1 Å². The highest BCUT2D eigenvalue weighted by molar-refractivity contribution is 6.15. The Bertz CT molecular complexity index is 1010. The van der Waals surface area contributed by atoms with Crippen LogP contribution < -0.4 is 16.8 Å². The van der Waals surface area contributed by atoms with Crippen molar-refractivity contribution in [2.45, 2.75) is 0 Å². The summed E-state index contributed by atoms with van der Waals surface area (Å²) >= 11 is 0. The number of hydrogen-bond acceptors (Lipinski definition) is 5. The van der Waals surface area contributed by atoms with Gasteiger partial charge >= 0.3 is 6.09 Å². The van der Waals surface area contributed by atoms with Gasteiger partial charge in [0.05, 0.1) is 11.1 Å². The third-order valence-electron chi connectivity index (χ3n) is 3.58. The molecule has 0 saturated carbocycles. The average Bonchev–Trinajstić information content (AvgIpc) is 2.85. The lowest BCUT2D eigenvalue weighted by Gasteiger charge is -2.06. The van der Waals surface area contributed by atoms with E-state index in [0.29, 0.717) is 16.3 Å². The summed E-state index contributed by atoms with van der Waals surface area (Å²) in [7, 11) is 0. The standard InChI is InChI=1S/C15H13N5O4/c16-12-9(13(17)22)5-8-7-3-1-2-4-10(7)20(14(8)19-12)11(21)6-18-15(23)24/h1-5,18H,6H2,(H2,16,19)(H2,17,22)(H,23,24). The van der Waals surface area contributed by atoms with Crippen LogP contribution >= 0.6 is 0 Å². The normalized spacial score (nSPS) is 10.8. The second-order valence-corrected chi connectivity index (χ2v) is 5.06. The zero-order chi connectivity index (χ0) is 17.4. The van der Waals surface area contributed by atoms with Gasteiger partial charge in [0.25, 0.3) is 11.8 Å². The first-order valence-electron chi connectivity index (χ1n) is 6.89. The second-order valence-electron chi connectivity index (χ2n) is 5.06. The Balaban J connectivity index is 2.30. The summed E-state index contributed by atoms with van der Waals surface area (Å²) in [5.41, 5.74) is 11.9. The van der Waals surface area contributed by atoms with Crippen LogP contribution in [-0.2, 0) is 0 Å². The summed E-state index contributed by atoms with van der Waals surface area (Å²) in [6, 6.07) is 8.43. The highest BCUT2D eigenvalue weighted by Crippen LogP contribution is 2.29. The van der Waals surface area contributed by atoms with Crippen molar-refractivity contribution < 1.29 is 19.5 Å². The predicted octanol–water partition coefficient (Wildman–Crippen LogP) is 0.778. The number of primary amides is 1. The molecule has 0 unspecified atom stereocenters. The average molecular weight is 327 g/mol. The Morgan fingerprint density at radius 3 is 2.58 bits per heavy atom. The summed E-state index contributed by atoms with van der Waals surface area (Å²) in [5.74, 6) is -1.35. The number of nitrogen functional groups attached to an aromatic ring is 1. The molecule has 2 aromatic heterocycles. The van der Waals surface area contributed by atoms with E-state index in [0.717, 1.165) is 0 Å². The Labute approximate surface area is 134 Å². The molecular weight excluding hydrogens is 314 g/mol. The lowest BCUT2D eigenvalue weighted by molar-refractivity contribution is 0.0917. The van der Waals surface area contributed by atoms with Crippen molar-refractivity contribution in [2.75, 3.05) is 12.3 Å². The number of carbonyl (C=O) groups is 3. The summed E-state index contributed by atoms with van der Waals surface area (Å²) in [6.07, 6.45) is -1.31. The molecule has 2 amide bonds. The predicted molar refractivity (Wildman–Crippen MR) is 86.8 cm³/mol. The first-order chi connectivity index (χ1) is 11.4. The number of carbonyl (C=O) groups excluding carboxylic acids is 2. The molecule has 0 spiro atoms. The molecule has 0 radical (unpaired) electrons. The maximum Gasteiger partial charge on any atom is 0.405 e. The van der Waals surface area contributed by atoms with E-state index < -0.39 is 24.5 Å². The van der Waals surface area contributed by atoms with Crippen LogP contribution in [0.3, 0.4) is 0 Å². The molecule has 0 saturated heterocycles. The van der Waals surface area contributed by atoms with Crippen molar-refractivity contribution in [3.8, 4) is 0 Å². The third-order valence-corrected chi connectivity index (χ3v) is 3.58. The number of anilines is 1. The molecule has 0 atom stereocenters. The van der Waals surface area contributed by atoms with Gasteiger partial charge in [-0.05, 0) is 12.1 Å². The van der Waals surface area contributed by atoms with Gasteiger partial charge in [0.2, 0.25) is 0 Å². The van der Waals surface area contributed by atoms with Crippen LogP contribution in [0.15, 0.2) is 30.3 Å². The summed E-state index contributed by atoms with van der Waals surface area (Å²) in [5, 5.41) is 11.9. The highest BCUT2D eigenvalue weighted by Gasteiger charge is 2.20. The quantitative estimate of drug-likeness (QED) is 0.557. The molecule has 0 aliphatic rings. The number of benzene rings is 1. The van der Waals surface area contributed by atoms with Gasteiger partial charge in [-0.15, -0.1) is 0 Å². The Morgan fingerprint density at radius 2 is 1.92 bits per heavy atom. The van der Waals surface area contributed by atoms with E-state index in [1.165, 1.54) is 10.6 Å². The summed E-state index contributed by atoms with van der Waals surface area (Å²) in [4.78, 5) is 38.6. The van der Waals surface area contributed by atoms with Gasteiger partial charge in [-0.25, -0.2) is 9.78 Å². The van der Waals surface area contributed by atoms with Gasteiger partial charge < -0.3 is 21.9 Å². The minimum absolute atomic E-state index is 0.0570. The fourth-order valence-corrected chi connectivity index (χ4v) is 2.58. The van der Waals surface area contributed by atoms with Crippen molar-refractivity contribution in [1.29, 1.82) is 0 Å². The molecule has 1 aromatic carbocycles. The Morgan fingerprint density at radius 1 is 1.21 bits per heavy atom. The van der Waals surface area contributed by atoms with Gasteiger partial charge in [-0.3, -0.25) is 14.2 Å². The molecule has 3 aromatic rings. The summed E-state index contributed by atoms with van der Waals surface area (Å²) < 4.78 is 1.27. The van der Waals surface area contributed by atoms with E-state index in [2.05, 4.69) is 4.98 Å². The number of rotatable bonds is 3. The van der Waals surface area contributed by atoms with Gasteiger partial charge in [0.1, 0.15) is 18.0 Å². The molecular formula is C15H13N5O4. The SMILES string of the molecule is NC(=O)c1cc2c3ccccc3n(C(=O)CNC(=O)O)c2nc1N. The fraction of sp³-hybridized carbons (Fsp3) is 0.0667. The van der Waals surface area contributed by atoms with Crippen molar-refractivity contribution in [2.24, 2.45) is 5.73 Å². The molecule has 9 heteroatoms. The van der Waals surface area contributed by atoms with Gasteiger partial charge in [0.15, 0.2) is 0 Å². The van der Waals surface area contributed by atoms with Gasteiger partial charge in [-0.1, -0.05) is 18.2 Å². The number of pyridine rings is 1. The molecule has 0 fully saturated rings. The Hall–Kier alpha value is -3.62. The number of amides is 2. The van der Waals surface area contributed by atoms with Crippen LogP contribution in [0.25, 0.3) is 21.9 Å². The van der Waals surface area contributed by atoms with E-state index in [1.54, 1.807) is 24.3 Å². The molecule has 0 bridgehead atoms. The molecule has 6 N–H and O–H groups in total. The molecule has 0 aliphatic heterocycles. The zero-order valence-electron chi connectivity index (χ0n) is 12.3. The monoisotopic (exact) mass is 327 g/mol. The number of nitrogens with one attached hydrogen (secondary N) is 1. The van der Waals surface area contributed by atoms with Crippen LogP contribution in [0.2, 0.25) is 0 Å². The molecule has 9 nitrogen and oxygen atoms in total. The number of para-hydroxylation sites is 1. The van der Waals surface area contributed by atoms with E-state index in [4.69, 9.17) is 16.6 Å². The lowest BCUT2D eigenvalue weighted by atomic mass is 10.1. The van der Waals surface area contributed by atoms with Crippen LogP contribution in [0.5, 0.6) is 0 Å². The fourth-order valence-electron chi connectivity index (χ4n) is 2.58. The number of fused-ring (bicyclic) bond motifs is 3. The van der Waals surface area contributed by atoms with Crippen molar-refractivity contribution in [3.05, 3.63) is 35.9 Å². The van der Waals surface area contributed by atoms with Crippen molar-refractivity contribution in [3.63, 3.8) is 0 Å². The second kappa shape index (κ2) is 5.54. The number of carboxylic acid groups (broad SMARTS) is 1. The molecule has 3 rings (SSSR count). The summed E-state index contributed by atoms with van der Waals surface area (Å²) in [6.45, 7) is -0.428. The van der Waals surface area contributed by atoms with Crippen LogP contribution in [0.1, 0.15) is 15.2 Å². The van der Waals surface area contributed by atoms with Crippen molar-refractivity contribution >= 4 is 45.7 Å². The highest BCUT2D eigenvalue weighted by atomic mass is 16.4. The number of nitrogens with zero attached hydrogens (tertiary/aromatic N) is 2. The van der Waals surface area contributed by atoms with E-state index >= 15 is 0 Å². The maximum absolute atomic E-state index is 12.4. The largest absolute Gasteiger partial charge is 0.465 e. The molecule has 2 heterocycles. The number of hydrogen-bond donors (Lipinski definition) is 4. The smallest absolute Gasteiger partial charge is 0.405 e. The first-order valence-corrected chi connectivity index (χ1v) is 6.89. The minimum atomic E-state index is -1.31. The minimum Gasteiger partial charge on any atom is -0.465 e. The Kier molecular flexibility index (Phi) is 3.53.